The summed E-state index contributed by atoms with van der Waals surface area (Å²) in [6, 6.07) is 26.9. The molecule has 1 N–H and O–H groups in total. The zero-order chi connectivity index (χ0) is 25.4. The Morgan fingerprint density at radius 3 is 2.00 bits per heavy atom. The Bertz CT molecular complexity index is 1500. The van der Waals surface area contributed by atoms with Gasteiger partial charge in [0.15, 0.2) is 0 Å². The third kappa shape index (κ3) is 4.70. The van der Waals surface area contributed by atoms with E-state index in [0.29, 0.717) is 0 Å². The highest BCUT2D eigenvalue weighted by atomic mass is 32.2. The Labute approximate surface area is 203 Å². The lowest BCUT2D eigenvalue weighted by Crippen LogP contribution is -2.21. The molecule has 0 aromatic heterocycles. The lowest BCUT2D eigenvalue weighted by atomic mass is 9.85. The molecule has 3 nitrogen and oxygen atoms in total. The minimum absolute atomic E-state index is 1.07. The monoisotopic (exact) mass is 498 g/mol. The second-order valence-electron chi connectivity index (χ2n) is 8.40. The van der Waals surface area contributed by atoms with Crippen LogP contribution in [0.5, 0.6) is 0 Å². The fourth-order valence-electron chi connectivity index (χ4n) is 4.93. The van der Waals surface area contributed by atoms with Crippen LogP contribution in [0.4, 0.5) is 13.2 Å². The van der Waals surface area contributed by atoms with Crippen molar-refractivity contribution in [3.05, 3.63) is 95.1 Å². The summed E-state index contributed by atoms with van der Waals surface area (Å²) in [6.45, 7) is 4.61. The van der Waals surface area contributed by atoms with Crippen LogP contribution in [0.2, 0.25) is 0 Å². The summed E-state index contributed by atoms with van der Waals surface area (Å²) in [4.78, 5) is 0. The number of rotatable bonds is 3. The molecule has 0 spiro atoms. The van der Waals surface area contributed by atoms with Gasteiger partial charge in [0.1, 0.15) is 0 Å². The topological polar surface area (TPSA) is 54.4 Å². The van der Waals surface area contributed by atoms with Crippen molar-refractivity contribution in [3.8, 4) is 22.3 Å². The first-order valence-electron chi connectivity index (χ1n) is 11.3. The van der Waals surface area contributed by atoms with Crippen molar-refractivity contribution in [1.29, 1.82) is 0 Å². The van der Waals surface area contributed by atoms with Crippen LogP contribution >= 0.6 is 0 Å². The molecule has 0 aliphatic heterocycles. The molecule has 4 aromatic carbocycles. The predicted molar refractivity (Wildman–Crippen MR) is 134 cm³/mol. The summed E-state index contributed by atoms with van der Waals surface area (Å²) in [7, 11) is -5.84. The van der Waals surface area contributed by atoms with Crippen LogP contribution in [0.15, 0.2) is 72.8 Å². The Kier molecular flexibility index (Phi) is 6.75. The lowest BCUT2D eigenvalue weighted by Gasteiger charge is -2.19. The molecular formula is C28H25F3O3S. The Morgan fingerprint density at radius 2 is 1.34 bits per heavy atom. The molecule has 1 aliphatic rings. The Balaban J connectivity index is 0.000000314. The third-order valence-electron chi connectivity index (χ3n) is 6.42. The molecule has 0 atom stereocenters. The highest BCUT2D eigenvalue weighted by Gasteiger charge is 2.44. The van der Waals surface area contributed by atoms with Crippen molar-refractivity contribution in [2.75, 3.05) is 0 Å². The van der Waals surface area contributed by atoms with E-state index in [9.17, 15) is 13.2 Å². The van der Waals surface area contributed by atoms with E-state index < -0.39 is 15.6 Å². The molecular weight excluding hydrogens is 473 g/mol. The van der Waals surface area contributed by atoms with Crippen LogP contribution in [0.1, 0.15) is 36.1 Å². The van der Waals surface area contributed by atoms with Gasteiger partial charge < -0.3 is 0 Å². The van der Waals surface area contributed by atoms with Gasteiger partial charge in [0.2, 0.25) is 0 Å². The molecule has 5 rings (SSSR count). The molecule has 0 radical (unpaired) electrons. The van der Waals surface area contributed by atoms with Gasteiger partial charge >= 0.3 is 15.6 Å². The second kappa shape index (κ2) is 9.47. The van der Waals surface area contributed by atoms with Gasteiger partial charge in [0.25, 0.3) is 0 Å². The largest absolute Gasteiger partial charge is 0.522 e. The summed E-state index contributed by atoms with van der Waals surface area (Å²) < 4.78 is 57.5. The SMILES string of the molecule is CCc1c(-c2cccc3ccccc23)cc2c(c1CC)Cc1ccccc1-2.O=S(=O)(O)C(F)(F)F. The highest BCUT2D eigenvalue weighted by Crippen LogP contribution is 2.44. The minimum Gasteiger partial charge on any atom is -0.279 e. The molecule has 0 saturated heterocycles. The molecule has 0 heterocycles. The van der Waals surface area contributed by atoms with E-state index in [1.807, 2.05) is 0 Å². The summed E-state index contributed by atoms with van der Waals surface area (Å²) in [6.07, 6.45) is 3.25. The fourth-order valence-corrected chi connectivity index (χ4v) is 4.93. The number of halogens is 3. The van der Waals surface area contributed by atoms with Crippen molar-refractivity contribution >= 4 is 20.9 Å². The number of benzene rings is 4. The van der Waals surface area contributed by atoms with Crippen molar-refractivity contribution in [2.24, 2.45) is 0 Å². The number of hydrogen-bond acceptors (Lipinski definition) is 2. The van der Waals surface area contributed by atoms with Crippen molar-refractivity contribution in [2.45, 2.75) is 38.6 Å². The highest BCUT2D eigenvalue weighted by molar-refractivity contribution is 7.86. The van der Waals surface area contributed by atoms with Gasteiger partial charge in [0.05, 0.1) is 0 Å². The van der Waals surface area contributed by atoms with Crippen LogP contribution in [0, 0.1) is 0 Å². The van der Waals surface area contributed by atoms with E-state index in [1.54, 1.807) is 11.1 Å². The molecule has 0 amide bonds. The minimum atomic E-state index is -5.84. The molecule has 0 fully saturated rings. The van der Waals surface area contributed by atoms with E-state index in [2.05, 4.69) is 86.6 Å². The Hall–Kier alpha value is -3.16. The molecule has 0 bridgehead atoms. The zero-order valence-electron chi connectivity index (χ0n) is 19.4. The molecule has 0 saturated carbocycles. The zero-order valence-corrected chi connectivity index (χ0v) is 20.2. The van der Waals surface area contributed by atoms with Gasteiger partial charge in [-0.3, -0.25) is 4.55 Å². The van der Waals surface area contributed by atoms with E-state index in [0.717, 1.165) is 19.3 Å². The first-order chi connectivity index (χ1) is 16.6. The normalized spacial score (nSPS) is 12.6. The molecule has 35 heavy (non-hydrogen) atoms. The van der Waals surface area contributed by atoms with Gasteiger partial charge in [0, 0.05) is 0 Å². The summed E-state index contributed by atoms with van der Waals surface area (Å²) in [5, 5.41) is 2.67. The first-order valence-corrected chi connectivity index (χ1v) is 12.8. The van der Waals surface area contributed by atoms with Crippen LogP contribution in [-0.2, 0) is 29.4 Å². The molecule has 7 heteroatoms. The van der Waals surface area contributed by atoms with Gasteiger partial charge in [-0.1, -0.05) is 80.6 Å². The average Bonchev–Trinajstić information content (AvgIpc) is 3.20. The van der Waals surface area contributed by atoms with Crippen molar-refractivity contribution in [1.82, 2.24) is 0 Å². The van der Waals surface area contributed by atoms with Gasteiger partial charge in [-0.25, -0.2) is 0 Å². The van der Waals surface area contributed by atoms with Crippen LogP contribution < -0.4 is 0 Å². The smallest absolute Gasteiger partial charge is 0.279 e. The summed E-state index contributed by atoms with van der Waals surface area (Å²) in [5.74, 6) is 0. The van der Waals surface area contributed by atoms with E-state index in [-0.39, 0.29) is 0 Å². The fraction of sp³-hybridized carbons (Fsp3) is 0.214. The van der Waals surface area contributed by atoms with Crippen molar-refractivity contribution in [3.63, 3.8) is 0 Å². The van der Waals surface area contributed by atoms with Crippen LogP contribution in [-0.4, -0.2) is 18.5 Å². The second-order valence-corrected chi connectivity index (χ2v) is 9.81. The van der Waals surface area contributed by atoms with Crippen LogP contribution in [0.25, 0.3) is 33.0 Å². The predicted octanol–water partition coefficient (Wildman–Crippen LogP) is 7.60. The maximum absolute atomic E-state index is 10.7. The van der Waals surface area contributed by atoms with Gasteiger partial charge in [-0.15, -0.1) is 0 Å². The average molecular weight is 499 g/mol. The third-order valence-corrected chi connectivity index (χ3v) is 7.01. The van der Waals surface area contributed by atoms with E-state index in [1.165, 1.54) is 44.2 Å². The molecule has 4 aromatic rings. The Morgan fingerprint density at radius 1 is 0.771 bits per heavy atom. The maximum atomic E-state index is 10.7. The van der Waals surface area contributed by atoms with Gasteiger partial charge in [-0.05, 0) is 80.6 Å². The molecule has 182 valence electrons. The van der Waals surface area contributed by atoms with E-state index in [4.69, 9.17) is 13.0 Å². The van der Waals surface area contributed by atoms with Crippen molar-refractivity contribution < 1.29 is 26.1 Å². The lowest BCUT2D eigenvalue weighted by molar-refractivity contribution is -0.0510. The van der Waals surface area contributed by atoms with E-state index >= 15 is 0 Å². The molecule has 1 aliphatic carbocycles. The number of fused-ring (bicyclic) bond motifs is 4. The first kappa shape index (κ1) is 24.9. The summed E-state index contributed by atoms with van der Waals surface area (Å²) >= 11 is 0. The number of hydrogen-bond donors (Lipinski definition) is 1. The molecule has 0 unspecified atom stereocenters. The van der Waals surface area contributed by atoms with Gasteiger partial charge in [-0.2, -0.15) is 21.6 Å². The number of alkyl halides is 3. The maximum Gasteiger partial charge on any atom is 0.522 e. The standard InChI is InChI=1S/C27H24.CHF3O3S/c1-3-20-21(4-2)26(24-15-9-12-18-10-5-7-13-22(18)24)17-27-23-14-8-6-11-19(23)16-25(20)27;2-1(3,4)8(5,6)7/h5-15,17H,3-4,16H2,1-2H3;(H,5,6,7). The summed E-state index contributed by atoms with van der Waals surface area (Å²) in [5.41, 5.74) is 6.24. The quantitative estimate of drug-likeness (QED) is 0.206. The van der Waals surface area contributed by atoms with Crippen LogP contribution in [0.3, 0.4) is 0 Å².